The molecule has 4 heteroatoms. The predicted octanol–water partition coefficient (Wildman–Crippen LogP) is 1.25. The molecule has 1 aliphatic rings. The summed E-state index contributed by atoms with van der Waals surface area (Å²) in [6, 6.07) is 3.82. The van der Waals surface area contributed by atoms with Crippen LogP contribution in [0.1, 0.15) is 35.3 Å². The molecule has 4 nitrogen and oxygen atoms in total. The summed E-state index contributed by atoms with van der Waals surface area (Å²) in [7, 11) is 0. The van der Waals surface area contributed by atoms with Crippen LogP contribution in [0.3, 0.4) is 0 Å². The van der Waals surface area contributed by atoms with Crippen molar-refractivity contribution in [1.82, 2.24) is 10.3 Å². The van der Waals surface area contributed by atoms with Crippen molar-refractivity contribution in [3.63, 3.8) is 0 Å². The number of carbonyl (C=O) groups excluding carboxylic acids is 1. The highest BCUT2D eigenvalue weighted by Gasteiger charge is 2.24. The number of nitrogens with one attached hydrogen (secondary N) is 1. The SMILES string of the molecule is Cc1ncccc1C(=O)NCC1CCCC1N. The minimum absolute atomic E-state index is 0.0466. The summed E-state index contributed by atoms with van der Waals surface area (Å²) in [5.74, 6) is 0.380. The lowest BCUT2D eigenvalue weighted by molar-refractivity contribution is 0.0945. The molecule has 2 unspecified atom stereocenters. The van der Waals surface area contributed by atoms with Crippen LogP contribution in [0.4, 0.5) is 0 Å². The van der Waals surface area contributed by atoms with Crippen molar-refractivity contribution in [2.75, 3.05) is 6.54 Å². The van der Waals surface area contributed by atoms with Gasteiger partial charge in [-0.2, -0.15) is 0 Å². The minimum Gasteiger partial charge on any atom is -0.352 e. The molecule has 2 rings (SSSR count). The Labute approximate surface area is 102 Å². The Bertz CT molecular complexity index is 405. The zero-order chi connectivity index (χ0) is 12.3. The van der Waals surface area contributed by atoms with Gasteiger partial charge in [0.25, 0.3) is 5.91 Å². The first-order chi connectivity index (χ1) is 8.18. The van der Waals surface area contributed by atoms with Crippen molar-refractivity contribution in [2.45, 2.75) is 32.2 Å². The van der Waals surface area contributed by atoms with Gasteiger partial charge in [-0.25, -0.2) is 0 Å². The summed E-state index contributed by atoms with van der Waals surface area (Å²) in [5.41, 5.74) is 7.39. The Morgan fingerprint density at radius 3 is 3.06 bits per heavy atom. The van der Waals surface area contributed by atoms with Gasteiger partial charge in [-0.05, 0) is 37.8 Å². The van der Waals surface area contributed by atoms with Crippen LogP contribution in [-0.2, 0) is 0 Å². The predicted molar refractivity (Wildman–Crippen MR) is 66.6 cm³/mol. The molecular formula is C13H19N3O. The summed E-state index contributed by atoms with van der Waals surface area (Å²) < 4.78 is 0. The largest absolute Gasteiger partial charge is 0.352 e. The highest BCUT2D eigenvalue weighted by molar-refractivity contribution is 5.95. The van der Waals surface area contributed by atoms with E-state index in [-0.39, 0.29) is 11.9 Å². The van der Waals surface area contributed by atoms with Gasteiger partial charge in [0, 0.05) is 24.5 Å². The molecule has 3 N–H and O–H groups in total. The van der Waals surface area contributed by atoms with Gasteiger partial charge in [0.1, 0.15) is 0 Å². The topological polar surface area (TPSA) is 68.0 Å². The van der Waals surface area contributed by atoms with Crippen molar-refractivity contribution in [3.8, 4) is 0 Å². The molecule has 1 fully saturated rings. The van der Waals surface area contributed by atoms with Crippen LogP contribution < -0.4 is 11.1 Å². The van der Waals surface area contributed by atoms with Crippen molar-refractivity contribution < 1.29 is 4.79 Å². The molecule has 0 spiro atoms. The Morgan fingerprint density at radius 1 is 1.59 bits per heavy atom. The van der Waals surface area contributed by atoms with E-state index in [1.54, 1.807) is 18.3 Å². The summed E-state index contributed by atoms with van der Waals surface area (Å²) >= 11 is 0. The van der Waals surface area contributed by atoms with Crippen molar-refractivity contribution in [2.24, 2.45) is 11.7 Å². The molecule has 0 bridgehead atoms. The fourth-order valence-electron chi connectivity index (χ4n) is 2.36. The van der Waals surface area contributed by atoms with Gasteiger partial charge >= 0.3 is 0 Å². The number of rotatable bonds is 3. The van der Waals surface area contributed by atoms with Gasteiger partial charge < -0.3 is 11.1 Å². The molecule has 1 saturated carbocycles. The second kappa shape index (κ2) is 5.27. The smallest absolute Gasteiger partial charge is 0.253 e. The first-order valence-corrected chi connectivity index (χ1v) is 6.14. The Hall–Kier alpha value is -1.42. The standard InChI is InChI=1S/C13H19N3O/c1-9-11(5-3-7-15-9)13(17)16-8-10-4-2-6-12(10)14/h3,5,7,10,12H,2,4,6,8,14H2,1H3,(H,16,17). The summed E-state index contributed by atoms with van der Waals surface area (Å²) in [6.07, 6.45) is 5.06. The van der Waals surface area contributed by atoms with Gasteiger partial charge in [0.05, 0.1) is 5.56 Å². The lowest BCUT2D eigenvalue weighted by Gasteiger charge is -2.16. The third-order valence-corrected chi connectivity index (χ3v) is 3.49. The molecule has 92 valence electrons. The van der Waals surface area contributed by atoms with E-state index in [1.807, 2.05) is 6.92 Å². The van der Waals surface area contributed by atoms with Gasteiger partial charge in [-0.15, -0.1) is 0 Å². The molecule has 17 heavy (non-hydrogen) atoms. The van der Waals surface area contributed by atoms with E-state index in [0.717, 1.165) is 18.5 Å². The zero-order valence-corrected chi connectivity index (χ0v) is 10.1. The van der Waals surface area contributed by atoms with Crippen LogP contribution in [0.5, 0.6) is 0 Å². The molecular weight excluding hydrogens is 214 g/mol. The van der Waals surface area contributed by atoms with Crippen molar-refractivity contribution in [1.29, 1.82) is 0 Å². The quantitative estimate of drug-likeness (QED) is 0.825. The molecule has 1 aromatic heterocycles. The van der Waals surface area contributed by atoms with E-state index < -0.39 is 0 Å². The maximum Gasteiger partial charge on any atom is 0.253 e. The molecule has 1 heterocycles. The summed E-state index contributed by atoms with van der Waals surface area (Å²) in [6.45, 7) is 2.52. The maximum absolute atomic E-state index is 11.9. The van der Waals surface area contributed by atoms with E-state index >= 15 is 0 Å². The highest BCUT2D eigenvalue weighted by atomic mass is 16.1. The average Bonchev–Trinajstić information content (AvgIpc) is 2.72. The number of hydrogen-bond donors (Lipinski definition) is 2. The minimum atomic E-state index is -0.0466. The number of nitrogens with two attached hydrogens (primary N) is 1. The van der Waals surface area contributed by atoms with Crippen LogP contribution in [-0.4, -0.2) is 23.5 Å². The van der Waals surface area contributed by atoms with Gasteiger partial charge in [0.15, 0.2) is 0 Å². The summed E-state index contributed by atoms with van der Waals surface area (Å²) in [4.78, 5) is 16.0. The van der Waals surface area contributed by atoms with E-state index in [1.165, 1.54) is 6.42 Å². The molecule has 2 atom stereocenters. The molecule has 0 saturated heterocycles. The second-order valence-electron chi connectivity index (χ2n) is 4.70. The molecule has 0 radical (unpaired) electrons. The van der Waals surface area contributed by atoms with Crippen LogP contribution in [0.2, 0.25) is 0 Å². The number of nitrogens with zero attached hydrogens (tertiary/aromatic N) is 1. The third kappa shape index (κ3) is 2.82. The van der Waals surface area contributed by atoms with E-state index in [4.69, 9.17) is 5.73 Å². The Kier molecular flexibility index (Phi) is 3.74. The number of aryl methyl sites for hydroxylation is 1. The third-order valence-electron chi connectivity index (χ3n) is 3.49. The molecule has 0 aliphatic heterocycles. The van der Waals surface area contributed by atoms with E-state index in [0.29, 0.717) is 18.0 Å². The monoisotopic (exact) mass is 233 g/mol. The van der Waals surface area contributed by atoms with Crippen molar-refractivity contribution >= 4 is 5.91 Å². The molecule has 1 aliphatic carbocycles. The van der Waals surface area contributed by atoms with Crippen LogP contribution in [0.15, 0.2) is 18.3 Å². The molecule has 1 amide bonds. The number of carbonyl (C=O) groups is 1. The van der Waals surface area contributed by atoms with Gasteiger partial charge in [0.2, 0.25) is 0 Å². The first kappa shape index (κ1) is 12.0. The highest BCUT2D eigenvalue weighted by Crippen LogP contribution is 2.23. The fraction of sp³-hybridized carbons (Fsp3) is 0.538. The lowest BCUT2D eigenvalue weighted by atomic mass is 10.0. The van der Waals surface area contributed by atoms with Crippen LogP contribution in [0, 0.1) is 12.8 Å². The number of amides is 1. The summed E-state index contributed by atoms with van der Waals surface area (Å²) in [5, 5.41) is 2.95. The average molecular weight is 233 g/mol. The Morgan fingerprint density at radius 2 is 2.41 bits per heavy atom. The normalized spacial score (nSPS) is 23.6. The second-order valence-corrected chi connectivity index (χ2v) is 4.70. The van der Waals surface area contributed by atoms with E-state index in [9.17, 15) is 4.79 Å². The lowest BCUT2D eigenvalue weighted by Crippen LogP contribution is -2.36. The van der Waals surface area contributed by atoms with Gasteiger partial charge in [-0.3, -0.25) is 9.78 Å². The maximum atomic E-state index is 11.9. The van der Waals surface area contributed by atoms with Crippen molar-refractivity contribution in [3.05, 3.63) is 29.6 Å². The Balaban J connectivity index is 1.91. The van der Waals surface area contributed by atoms with Gasteiger partial charge in [-0.1, -0.05) is 6.42 Å². The molecule has 1 aromatic rings. The first-order valence-electron chi connectivity index (χ1n) is 6.14. The van der Waals surface area contributed by atoms with Crippen LogP contribution >= 0.6 is 0 Å². The van der Waals surface area contributed by atoms with E-state index in [2.05, 4.69) is 10.3 Å². The van der Waals surface area contributed by atoms with Crippen LogP contribution in [0.25, 0.3) is 0 Å². The zero-order valence-electron chi connectivity index (χ0n) is 10.1. The number of hydrogen-bond acceptors (Lipinski definition) is 3. The fourth-order valence-corrected chi connectivity index (χ4v) is 2.36. The molecule has 0 aromatic carbocycles. The number of pyridine rings is 1. The number of aromatic nitrogens is 1.